The SMILES string of the molecule is Cc1cccc2sc(N(Cc3cccnc3)C(=O)c3ccn(C)n3)nc12. The van der Waals surface area contributed by atoms with Gasteiger partial charge in [-0.15, -0.1) is 0 Å². The highest BCUT2D eigenvalue weighted by Crippen LogP contribution is 2.32. The molecule has 0 aliphatic carbocycles. The summed E-state index contributed by atoms with van der Waals surface area (Å²) in [5, 5.41) is 4.92. The molecule has 0 fully saturated rings. The summed E-state index contributed by atoms with van der Waals surface area (Å²) in [6.07, 6.45) is 5.24. The summed E-state index contributed by atoms with van der Waals surface area (Å²) in [6.45, 7) is 2.42. The van der Waals surface area contributed by atoms with Gasteiger partial charge in [-0.3, -0.25) is 19.4 Å². The van der Waals surface area contributed by atoms with Gasteiger partial charge in [0.05, 0.1) is 16.8 Å². The van der Waals surface area contributed by atoms with Crippen LogP contribution in [0.1, 0.15) is 21.6 Å². The summed E-state index contributed by atoms with van der Waals surface area (Å²) in [6, 6.07) is 11.6. The normalized spacial score (nSPS) is 11.0. The molecule has 130 valence electrons. The summed E-state index contributed by atoms with van der Waals surface area (Å²) in [5.74, 6) is -0.175. The molecule has 0 aliphatic heterocycles. The summed E-state index contributed by atoms with van der Waals surface area (Å²) in [7, 11) is 1.79. The van der Waals surface area contributed by atoms with Crippen molar-refractivity contribution in [1.29, 1.82) is 0 Å². The number of fused-ring (bicyclic) bond motifs is 1. The van der Waals surface area contributed by atoms with E-state index in [1.807, 2.05) is 37.3 Å². The van der Waals surface area contributed by atoms with E-state index < -0.39 is 0 Å². The van der Waals surface area contributed by atoms with Gasteiger partial charge in [0.15, 0.2) is 10.8 Å². The first-order valence-electron chi connectivity index (χ1n) is 8.18. The van der Waals surface area contributed by atoms with Crippen LogP contribution in [0.3, 0.4) is 0 Å². The molecule has 0 saturated carbocycles. The van der Waals surface area contributed by atoms with Crippen molar-refractivity contribution in [3.8, 4) is 0 Å². The Kier molecular flexibility index (Phi) is 4.22. The number of thiazole rings is 1. The highest BCUT2D eigenvalue weighted by molar-refractivity contribution is 7.22. The van der Waals surface area contributed by atoms with Crippen molar-refractivity contribution < 1.29 is 4.79 Å². The first-order valence-corrected chi connectivity index (χ1v) is 9.00. The minimum atomic E-state index is -0.175. The number of aromatic nitrogens is 4. The number of benzene rings is 1. The maximum atomic E-state index is 13.1. The molecule has 3 aromatic heterocycles. The molecule has 0 unspecified atom stereocenters. The van der Waals surface area contributed by atoms with Gasteiger partial charge in [0.25, 0.3) is 5.91 Å². The predicted molar refractivity (Wildman–Crippen MR) is 102 cm³/mol. The molecular weight excluding hydrogens is 346 g/mol. The first kappa shape index (κ1) is 16.4. The van der Waals surface area contributed by atoms with Crippen molar-refractivity contribution >= 4 is 32.6 Å². The molecule has 0 N–H and O–H groups in total. The second-order valence-corrected chi connectivity index (χ2v) is 7.05. The number of pyridine rings is 1. The Labute approximate surface area is 154 Å². The molecule has 0 spiro atoms. The molecule has 7 heteroatoms. The van der Waals surface area contributed by atoms with Crippen molar-refractivity contribution in [3.05, 3.63) is 71.8 Å². The van der Waals surface area contributed by atoms with Gasteiger partial charge in [0.2, 0.25) is 0 Å². The van der Waals surface area contributed by atoms with Crippen molar-refractivity contribution in [1.82, 2.24) is 19.7 Å². The van der Waals surface area contributed by atoms with Gasteiger partial charge in [-0.2, -0.15) is 5.10 Å². The Morgan fingerprint density at radius 2 is 2.12 bits per heavy atom. The van der Waals surface area contributed by atoms with Crippen LogP contribution < -0.4 is 4.90 Å². The second kappa shape index (κ2) is 6.68. The zero-order valence-corrected chi connectivity index (χ0v) is 15.3. The third-order valence-electron chi connectivity index (χ3n) is 4.08. The Bertz CT molecular complexity index is 1070. The second-order valence-electron chi connectivity index (χ2n) is 6.05. The van der Waals surface area contributed by atoms with E-state index in [0.29, 0.717) is 17.4 Å². The number of anilines is 1. The number of aryl methyl sites for hydroxylation is 2. The van der Waals surface area contributed by atoms with Crippen LogP contribution in [0.15, 0.2) is 55.0 Å². The molecule has 1 aromatic carbocycles. The van der Waals surface area contributed by atoms with Crippen molar-refractivity contribution in [3.63, 3.8) is 0 Å². The molecule has 1 amide bonds. The Balaban J connectivity index is 1.78. The quantitative estimate of drug-likeness (QED) is 0.556. The van der Waals surface area contributed by atoms with E-state index in [0.717, 1.165) is 21.3 Å². The van der Waals surface area contributed by atoms with Crippen LogP contribution in [0, 0.1) is 6.92 Å². The van der Waals surface area contributed by atoms with E-state index in [1.54, 1.807) is 41.3 Å². The lowest BCUT2D eigenvalue weighted by molar-refractivity contribution is 0.0979. The summed E-state index contributed by atoms with van der Waals surface area (Å²) < 4.78 is 2.68. The highest BCUT2D eigenvalue weighted by Gasteiger charge is 2.23. The van der Waals surface area contributed by atoms with E-state index in [-0.39, 0.29) is 5.91 Å². The van der Waals surface area contributed by atoms with Crippen LogP contribution in [0.5, 0.6) is 0 Å². The minimum Gasteiger partial charge on any atom is -0.278 e. The van der Waals surface area contributed by atoms with E-state index in [9.17, 15) is 4.79 Å². The molecule has 0 radical (unpaired) electrons. The van der Waals surface area contributed by atoms with Gasteiger partial charge in [-0.05, 0) is 36.2 Å². The average molecular weight is 363 g/mol. The zero-order valence-electron chi connectivity index (χ0n) is 14.5. The van der Waals surface area contributed by atoms with Gasteiger partial charge >= 0.3 is 0 Å². The maximum absolute atomic E-state index is 13.1. The maximum Gasteiger partial charge on any atom is 0.280 e. The van der Waals surface area contributed by atoms with E-state index >= 15 is 0 Å². The smallest absolute Gasteiger partial charge is 0.278 e. The van der Waals surface area contributed by atoms with Gasteiger partial charge in [-0.1, -0.05) is 29.5 Å². The van der Waals surface area contributed by atoms with Gasteiger partial charge in [-0.25, -0.2) is 4.98 Å². The molecule has 0 atom stereocenters. The number of rotatable bonds is 4. The monoisotopic (exact) mass is 363 g/mol. The molecule has 0 bridgehead atoms. The lowest BCUT2D eigenvalue weighted by Crippen LogP contribution is -2.30. The Morgan fingerprint density at radius 1 is 1.23 bits per heavy atom. The fourth-order valence-electron chi connectivity index (χ4n) is 2.76. The van der Waals surface area contributed by atoms with E-state index in [2.05, 4.69) is 10.1 Å². The molecule has 0 saturated heterocycles. The predicted octanol–water partition coefficient (Wildman–Crippen LogP) is 3.58. The topological polar surface area (TPSA) is 63.9 Å². The molecule has 6 nitrogen and oxygen atoms in total. The molecule has 4 rings (SSSR count). The fourth-order valence-corrected chi connectivity index (χ4v) is 3.80. The lowest BCUT2D eigenvalue weighted by atomic mass is 10.2. The standard InChI is InChI=1S/C19H17N5OS/c1-13-5-3-7-16-17(13)21-19(26-16)24(12-14-6-4-9-20-11-14)18(25)15-8-10-23(2)22-15/h3-11H,12H2,1-2H3. The number of hydrogen-bond acceptors (Lipinski definition) is 5. The van der Waals surface area contributed by atoms with E-state index in [4.69, 9.17) is 4.98 Å². The molecular formula is C19H17N5OS. The largest absolute Gasteiger partial charge is 0.280 e. The Hall–Kier alpha value is -3.06. The number of amides is 1. The van der Waals surface area contributed by atoms with Crippen LogP contribution in [0.2, 0.25) is 0 Å². The third kappa shape index (κ3) is 3.09. The van der Waals surface area contributed by atoms with Crippen LogP contribution in [-0.2, 0) is 13.6 Å². The third-order valence-corrected chi connectivity index (χ3v) is 5.13. The van der Waals surface area contributed by atoms with Crippen molar-refractivity contribution in [2.24, 2.45) is 7.05 Å². The molecule has 0 aliphatic rings. The molecule has 4 aromatic rings. The summed E-state index contributed by atoms with van der Waals surface area (Å²) in [4.78, 5) is 23.7. The van der Waals surface area contributed by atoms with Crippen LogP contribution >= 0.6 is 11.3 Å². The van der Waals surface area contributed by atoms with Gasteiger partial charge in [0.1, 0.15) is 0 Å². The lowest BCUT2D eigenvalue weighted by Gasteiger charge is -2.18. The zero-order chi connectivity index (χ0) is 18.1. The summed E-state index contributed by atoms with van der Waals surface area (Å²) in [5.41, 5.74) is 3.36. The fraction of sp³-hybridized carbons (Fsp3) is 0.158. The number of hydrogen-bond donors (Lipinski definition) is 0. The highest BCUT2D eigenvalue weighted by atomic mass is 32.1. The summed E-state index contributed by atoms with van der Waals surface area (Å²) >= 11 is 1.51. The number of para-hydroxylation sites is 1. The van der Waals surface area contributed by atoms with Crippen molar-refractivity contribution in [2.45, 2.75) is 13.5 Å². The first-order chi connectivity index (χ1) is 12.6. The van der Waals surface area contributed by atoms with Crippen LogP contribution in [-0.4, -0.2) is 25.7 Å². The number of carbonyl (C=O) groups is 1. The molecule has 26 heavy (non-hydrogen) atoms. The average Bonchev–Trinajstić information content (AvgIpc) is 3.27. The van der Waals surface area contributed by atoms with Crippen LogP contribution in [0.25, 0.3) is 10.2 Å². The minimum absolute atomic E-state index is 0.175. The van der Waals surface area contributed by atoms with E-state index in [1.165, 1.54) is 11.3 Å². The number of carbonyl (C=O) groups excluding carboxylic acids is 1. The molecule has 3 heterocycles. The van der Waals surface area contributed by atoms with Gasteiger partial charge in [0, 0.05) is 25.6 Å². The number of nitrogens with zero attached hydrogens (tertiary/aromatic N) is 5. The van der Waals surface area contributed by atoms with Crippen molar-refractivity contribution in [2.75, 3.05) is 4.90 Å². The Morgan fingerprint density at radius 3 is 2.81 bits per heavy atom. The van der Waals surface area contributed by atoms with Crippen LogP contribution in [0.4, 0.5) is 5.13 Å². The van der Waals surface area contributed by atoms with Gasteiger partial charge < -0.3 is 0 Å².